The van der Waals surface area contributed by atoms with E-state index < -0.39 is 0 Å². The van der Waals surface area contributed by atoms with Crippen molar-refractivity contribution in [1.29, 1.82) is 0 Å². The van der Waals surface area contributed by atoms with Crippen molar-refractivity contribution in [2.45, 2.75) is 39.3 Å². The number of hydrogen-bond acceptors (Lipinski definition) is 3. The van der Waals surface area contributed by atoms with Crippen molar-refractivity contribution < 1.29 is 4.79 Å². The van der Waals surface area contributed by atoms with Gasteiger partial charge in [0, 0.05) is 46.4 Å². The van der Waals surface area contributed by atoms with Gasteiger partial charge in [-0.1, -0.05) is 46.3 Å². The molecule has 1 amide bonds. The van der Waals surface area contributed by atoms with Crippen molar-refractivity contribution >= 4 is 44.9 Å². The van der Waals surface area contributed by atoms with Crippen LogP contribution >= 0.6 is 28.1 Å². The summed E-state index contributed by atoms with van der Waals surface area (Å²) in [6.45, 7) is 6.73. The van der Waals surface area contributed by atoms with E-state index in [1.54, 1.807) is 6.20 Å². The van der Waals surface area contributed by atoms with Crippen molar-refractivity contribution in [3.63, 3.8) is 0 Å². The van der Waals surface area contributed by atoms with Crippen LogP contribution < -0.4 is 10.6 Å². The maximum atomic E-state index is 12.9. The van der Waals surface area contributed by atoms with E-state index in [9.17, 15) is 4.79 Å². The molecule has 38 heavy (non-hydrogen) atoms. The highest BCUT2D eigenvalue weighted by atomic mass is 79.9. The number of benzene rings is 2. The first kappa shape index (κ1) is 26.1. The number of rotatable bonds is 7. The number of thiocarbonyl (C=S) groups is 1. The highest BCUT2D eigenvalue weighted by Gasteiger charge is 2.41. The maximum absolute atomic E-state index is 12.9. The molecule has 0 spiro atoms. The third-order valence-electron chi connectivity index (χ3n) is 7.05. The summed E-state index contributed by atoms with van der Waals surface area (Å²) in [4.78, 5) is 19.7. The minimum absolute atomic E-state index is 0.0401. The monoisotopic (exact) mass is 587 g/mol. The van der Waals surface area contributed by atoms with Crippen LogP contribution in [0, 0.1) is 20.8 Å². The van der Waals surface area contributed by atoms with Gasteiger partial charge in [-0.05, 0) is 86.6 Å². The summed E-state index contributed by atoms with van der Waals surface area (Å²) >= 11 is 9.44. The molecule has 1 aliphatic heterocycles. The molecular formula is C30H30BrN5OS. The van der Waals surface area contributed by atoms with Gasteiger partial charge in [-0.25, -0.2) is 0 Å². The lowest BCUT2D eigenvalue weighted by atomic mass is 9.96. The van der Waals surface area contributed by atoms with E-state index in [0.29, 0.717) is 18.1 Å². The van der Waals surface area contributed by atoms with Gasteiger partial charge in [0.1, 0.15) is 0 Å². The van der Waals surface area contributed by atoms with Gasteiger partial charge in [-0.15, -0.1) is 0 Å². The molecule has 1 saturated heterocycles. The molecule has 4 aromatic rings. The largest absolute Gasteiger partial charge is 0.352 e. The van der Waals surface area contributed by atoms with E-state index in [0.717, 1.165) is 44.1 Å². The third-order valence-corrected chi connectivity index (χ3v) is 7.90. The number of hydrogen-bond donors (Lipinski definition) is 2. The number of aromatic nitrogens is 2. The number of pyridine rings is 1. The highest BCUT2D eigenvalue weighted by molar-refractivity contribution is 9.10. The van der Waals surface area contributed by atoms with Crippen LogP contribution in [-0.4, -0.2) is 32.0 Å². The quantitative estimate of drug-likeness (QED) is 0.240. The summed E-state index contributed by atoms with van der Waals surface area (Å²) in [5, 5.41) is 7.18. The van der Waals surface area contributed by atoms with Gasteiger partial charge in [0.05, 0.1) is 17.8 Å². The fourth-order valence-electron chi connectivity index (χ4n) is 5.23. The second-order valence-electron chi connectivity index (χ2n) is 9.57. The molecular weight excluding hydrogens is 558 g/mol. The van der Waals surface area contributed by atoms with Crippen molar-refractivity contribution in [1.82, 2.24) is 19.8 Å². The normalized spacial score (nSPS) is 16.9. The summed E-state index contributed by atoms with van der Waals surface area (Å²) in [6, 6.07) is 24.0. The molecule has 2 aromatic carbocycles. The predicted molar refractivity (Wildman–Crippen MR) is 160 cm³/mol. The fourth-order valence-corrected chi connectivity index (χ4v) is 5.95. The molecule has 2 N–H and O–H groups in total. The second-order valence-corrected chi connectivity index (χ2v) is 10.9. The lowest BCUT2D eigenvalue weighted by molar-refractivity contribution is -0.116. The fraction of sp³-hybridized carbons (Fsp3) is 0.233. The summed E-state index contributed by atoms with van der Waals surface area (Å²) in [5.74, 6) is -0.0401. The van der Waals surface area contributed by atoms with Crippen LogP contribution in [0.3, 0.4) is 0 Å². The second kappa shape index (κ2) is 11.1. The summed E-state index contributed by atoms with van der Waals surface area (Å²) in [6.07, 6.45) is 2.12. The lowest BCUT2D eigenvalue weighted by Gasteiger charge is -2.28. The molecule has 194 valence electrons. The van der Waals surface area contributed by atoms with Crippen LogP contribution in [0.25, 0.3) is 5.69 Å². The van der Waals surface area contributed by atoms with E-state index in [2.05, 4.69) is 73.1 Å². The Morgan fingerprint density at radius 3 is 2.58 bits per heavy atom. The zero-order valence-corrected chi connectivity index (χ0v) is 24.0. The molecule has 5 rings (SSSR count). The Labute approximate surface area is 237 Å². The highest BCUT2D eigenvalue weighted by Crippen LogP contribution is 2.41. The number of halogens is 1. The van der Waals surface area contributed by atoms with Gasteiger partial charge < -0.3 is 20.1 Å². The molecule has 1 fully saturated rings. The summed E-state index contributed by atoms with van der Waals surface area (Å²) < 4.78 is 3.29. The summed E-state index contributed by atoms with van der Waals surface area (Å²) in [5.41, 5.74) is 7.29. The number of nitrogens with one attached hydrogen (secondary N) is 2. The molecule has 2 unspecified atom stereocenters. The Morgan fingerprint density at radius 1 is 1.05 bits per heavy atom. The van der Waals surface area contributed by atoms with Gasteiger partial charge in [0.15, 0.2) is 5.11 Å². The molecule has 1 aliphatic rings. The number of aryl methyl sites for hydroxylation is 2. The number of anilines is 1. The van der Waals surface area contributed by atoms with Gasteiger partial charge in [-0.2, -0.15) is 0 Å². The molecule has 0 aliphatic carbocycles. The molecule has 0 bridgehead atoms. The SMILES string of the molecule is Cc1ccccc1NC(=O)CCN1C(=S)NC(c2ccccn2)C1c1cc(C)n(-c2cccc(Br)c2)c1C. The van der Waals surface area contributed by atoms with Crippen LogP contribution in [-0.2, 0) is 4.79 Å². The molecule has 2 atom stereocenters. The standard InChI is InChI=1S/C30H30BrN5OS/c1-19-9-4-5-12-25(19)33-27(37)14-16-35-29(28(34-30(35)38)26-13-6-7-15-32-26)24-17-20(2)36(21(24)3)23-11-8-10-22(31)18-23/h4-13,15,17-18,28-29H,14,16H2,1-3H3,(H,33,37)(H,34,38). The number of carbonyl (C=O) groups is 1. The zero-order valence-electron chi connectivity index (χ0n) is 21.6. The number of carbonyl (C=O) groups excluding carboxylic acids is 1. The van der Waals surface area contributed by atoms with Gasteiger partial charge >= 0.3 is 0 Å². The molecule has 0 radical (unpaired) electrons. The number of nitrogens with zero attached hydrogens (tertiary/aromatic N) is 3. The molecule has 8 heteroatoms. The molecule has 2 aromatic heterocycles. The molecule has 0 saturated carbocycles. The first-order valence-corrected chi connectivity index (χ1v) is 13.8. The Morgan fingerprint density at radius 2 is 1.84 bits per heavy atom. The van der Waals surface area contributed by atoms with E-state index in [1.165, 1.54) is 0 Å². The van der Waals surface area contributed by atoms with Crippen molar-refractivity contribution in [2.24, 2.45) is 0 Å². The van der Waals surface area contributed by atoms with Crippen molar-refractivity contribution in [3.05, 3.63) is 112 Å². The van der Waals surface area contributed by atoms with Crippen LogP contribution in [0.5, 0.6) is 0 Å². The Bertz CT molecular complexity index is 1490. The van der Waals surface area contributed by atoms with Crippen LogP contribution in [0.1, 0.15) is 46.7 Å². The first-order chi connectivity index (χ1) is 18.3. The topological polar surface area (TPSA) is 62.2 Å². The zero-order chi connectivity index (χ0) is 26.8. The minimum atomic E-state index is -0.139. The Balaban J connectivity index is 1.48. The van der Waals surface area contributed by atoms with Crippen molar-refractivity contribution in [3.8, 4) is 5.69 Å². The Kier molecular flexibility index (Phi) is 7.63. The van der Waals surface area contributed by atoms with Crippen LogP contribution in [0.4, 0.5) is 5.69 Å². The smallest absolute Gasteiger partial charge is 0.226 e. The van der Waals surface area contributed by atoms with E-state index in [-0.39, 0.29) is 18.0 Å². The lowest BCUT2D eigenvalue weighted by Crippen LogP contribution is -2.33. The first-order valence-electron chi connectivity index (χ1n) is 12.6. The van der Waals surface area contributed by atoms with Gasteiger partial charge in [0.25, 0.3) is 0 Å². The Hall–Kier alpha value is -3.49. The van der Waals surface area contributed by atoms with Crippen LogP contribution in [0.2, 0.25) is 0 Å². The van der Waals surface area contributed by atoms with Gasteiger partial charge in [-0.3, -0.25) is 9.78 Å². The third kappa shape index (κ3) is 5.24. The maximum Gasteiger partial charge on any atom is 0.226 e. The predicted octanol–water partition coefficient (Wildman–Crippen LogP) is 6.56. The molecule has 6 nitrogen and oxygen atoms in total. The average Bonchev–Trinajstić information content (AvgIpc) is 3.39. The number of para-hydroxylation sites is 1. The molecule has 3 heterocycles. The minimum Gasteiger partial charge on any atom is -0.352 e. The number of amides is 1. The van der Waals surface area contributed by atoms with Crippen LogP contribution in [0.15, 0.2) is 83.5 Å². The van der Waals surface area contributed by atoms with E-state index >= 15 is 0 Å². The average molecular weight is 589 g/mol. The van der Waals surface area contributed by atoms with Gasteiger partial charge in [0.2, 0.25) is 5.91 Å². The van der Waals surface area contributed by atoms with Crippen molar-refractivity contribution in [2.75, 3.05) is 11.9 Å². The van der Waals surface area contributed by atoms with E-state index in [1.807, 2.05) is 61.5 Å². The van der Waals surface area contributed by atoms with E-state index in [4.69, 9.17) is 12.2 Å². The summed E-state index contributed by atoms with van der Waals surface area (Å²) in [7, 11) is 0.